The zero-order valence-electron chi connectivity index (χ0n) is 13.7. The Balaban J connectivity index is 0.00000169. The summed E-state index contributed by atoms with van der Waals surface area (Å²) in [6, 6.07) is 6.02. The molecular formula is C17H22ClN5O. The molecule has 24 heavy (non-hydrogen) atoms. The van der Waals surface area contributed by atoms with Gasteiger partial charge in [0.2, 0.25) is 0 Å². The number of aryl methyl sites for hydroxylation is 1. The topological polar surface area (TPSA) is 63.1 Å². The molecule has 1 unspecified atom stereocenters. The molecule has 0 spiro atoms. The van der Waals surface area contributed by atoms with Crippen molar-refractivity contribution in [3.8, 4) is 0 Å². The summed E-state index contributed by atoms with van der Waals surface area (Å²) >= 11 is 0. The van der Waals surface area contributed by atoms with E-state index in [-0.39, 0.29) is 24.4 Å². The van der Waals surface area contributed by atoms with Crippen molar-refractivity contribution in [2.75, 3.05) is 18.4 Å². The maximum absolute atomic E-state index is 13.2. The number of fused-ring (bicyclic) bond motifs is 1. The second kappa shape index (κ2) is 6.81. The van der Waals surface area contributed by atoms with Crippen LogP contribution in [0.2, 0.25) is 0 Å². The third-order valence-corrected chi connectivity index (χ3v) is 4.88. The molecule has 6 nitrogen and oxygen atoms in total. The first kappa shape index (κ1) is 16.8. The van der Waals surface area contributed by atoms with Gasteiger partial charge in [-0.25, -0.2) is 0 Å². The van der Waals surface area contributed by atoms with Gasteiger partial charge in [0.1, 0.15) is 6.33 Å². The Kier molecular flexibility index (Phi) is 4.76. The number of nitrogens with one attached hydrogen (secondary N) is 1. The Morgan fingerprint density at radius 2 is 2.21 bits per heavy atom. The Morgan fingerprint density at radius 3 is 3.00 bits per heavy atom. The van der Waals surface area contributed by atoms with Crippen LogP contribution < -0.4 is 5.32 Å². The highest BCUT2D eigenvalue weighted by molar-refractivity contribution is 5.97. The summed E-state index contributed by atoms with van der Waals surface area (Å²) in [5, 5.41) is 11.6. The average Bonchev–Trinajstić information content (AvgIpc) is 3.22. The summed E-state index contributed by atoms with van der Waals surface area (Å²) in [7, 11) is 1.94. The van der Waals surface area contributed by atoms with Crippen molar-refractivity contribution >= 4 is 24.0 Å². The lowest BCUT2D eigenvalue weighted by atomic mass is 9.96. The number of rotatable bonds is 2. The van der Waals surface area contributed by atoms with Crippen LogP contribution in [0.3, 0.4) is 0 Å². The summed E-state index contributed by atoms with van der Waals surface area (Å²) in [5.41, 5.74) is 3.10. The number of amides is 1. The molecular weight excluding hydrogens is 326 g/mol. The van der Waals surface area contributed by atoms with Crippen LogP contribution in [0.4, 0.5) is 5.69 Å². The standard InChI is InChI=1S/C17H21N5O.ClH/c1-21-11-19-20-16(21)15-8-4-10-22(15)17(23)13-5-2-7-14-12(13)6-3-9-18-14;/h2,5,7,11,15,18H,3-4,6,8-10H2,1H3;1H. The van der Waals surface area contributed by atoms with E-state index in [9.17, 15) is 4.79 Å². The fourth-order valence-electron chi connectivity index (χ4n) is 3.74. The van der Waals surface area contributed by atoms with E-state index in [0.29, 0.717) is 0 Å². The van der Waals surface area contributed by atoms with Gasteiger partial charge in [-0.3, -0.25) is 4.79 Å². The van der Waals surface area contributed by atoms with Crippen molar-refractivity contribution in [2.24, 2.45) is 7.05 Å². The SMILES string of the molecule is Cl.Cn1cnnc1C1CCCN1C(=O)c1cccc2c1CCCN2. The molecule has 0 radical (unpaired) electrons. The number of carbonyl (C=O) groups excluding carboxylic acids is 1. The second-order valence-electron chi connectivity index (χ2n) is 6.32. The molecule has 0 aliphatic carbocycles. The highest BCUT2D eigenvalue weighted by Crippen LogP contribution is 2.34. The van der Waals surface area contributed by atoms with E-state index in [0.717, 1.165) is 61.4 Å². The number of anilines is 1. The van der Waals surface area contributed by atoms with Crippen molar-refractivity contribution < 1.29 is 4.79 Å². The van der Waals surface area contributed by atoms with Gasteiger partial charge in [0, 0.05) is 31.4 Å². The molecule has 1 N–H and O–H groups in total. The molecule has 2 aliphatic rings. The monoisotopic (exact) mass is 347 g/mol. The number of carbonyl (C=O) groups is 1. The predicted octanol–water partition coefficient (Wildman–Crippen LogP) is 2.57. The third kappa shape index (κ3) is 2.75. The van der Waals surface area contributed by atoms with Gasteiger partial charge >= 0.3 is 0 Å². The van der Waals surface area contributed by atoms with Gasteiger partial charge in [-0.1, -0.05) is 6.07 Å². The van der Waals surface area contributed by atoms with Crippen LogP contribution in [0.15, 0.2) is 24.5 Å². The molecule has 7 heteroatoms. The lowest BCUT2D eigenvalue weighted by Gasteiger charge is -2.27. The molecule has 1 saturated heterocycles. The third-order valence-electron chi connectivity index (χ3n) is 4.88. The first-order valence-electron chi connectivity index (χ1n) is 8.26. The van der Waals surface area contributed by atoms with E-state index in [4.69, 9.17) is 0 Å². The smallest absolute Gasteiger partial charge is 0.254 e. The molecule has 1 aromatic heterocycles. The van der Waals surface area contributed by atoms with Crippen molar-refractivity contribution in [3.05, 3.63) is 41.5 Å². The van der Waals surface area contributed by atoms with Crippen LogP contribution in [-0.4, -0.2) is 38.7 Å². The molecule has 128 valence electrons. The molecule has 1 atom stereocenters. The maximum atomic E-state index is 13.2. The summed E-state index contributed by atoms with van der Waals surface area (Å²) < 4.78 is 1.91. The van der Waals surface area contributed by atoms with E-state index in [2.05, 4.69) is 21.6 Å². The zero-order valence-corrected chi connectivity index (χ0v) is 14.6. The first-order chi connectivity index (χ1) is 11.3. The highest BCUT2D eigenvalue weighted by Gasteiger charge is 2.34. The number of likely N-dealkylation sites (tertiary alicyclic amines) is 1. The number of hydrogen-bond acceptors (Lipinski definition) is 4. The molecule has 1 amide bonds. The average molecular weight is 348 g/mol. The van der Waals surface area contributed by atoms with E-state index < -0.39 is 0 Å². The van der Waals surface area contributed by atoms with Gasteiger partial charge in [0.05, 0.1) is 6.04 Å². The van der Waals surface area contributed by atoms with E-state index in [1.807, 2.05) is 28.6 Å². The fourth-order valence-corrected chi connectivity index (χ4v) is 3.74. The van der Waals surface area contributed by atoms with Crippen LogP contribution >= 0.6 is 12.4 Å². The van der Waals surface area contributed by atoms with Crippen molar-refractivity contribution in [1.82, 2.24) is 19.7 Å². The van der Waals surface area contributed by atoms with Crippen LogP contribution in [0.25, 0.3) is 0 Å². The summed E-state index contributed by atoms with van der Waals surface area (Å²) in [5.74, 6) is 0.995. The van der Waals surface area contributed by atoms with Crippen LogP contribution in [0.1, 0.15) is 47.1 Å². The maximum Gasteiger partial charge on any atom is 0.254 e. The molecule has 1 aromatic carbocycles. The first-order valence-corrected chi connectivity index (χ1v) is 8.26. The van der Waals surface area contributed by atoms with Crippen molar-refractivity contribution in [2.45, 2.75) is 31.7 Å². The predicted molar refractivity (Wildman–Crippen MR) is 94.5 cm³/mol. The van der Waals surface area contributed by atoms with Crippen molar-refractivity contribution in [1.29, 1.82) is 0 Å². The number of halogens is 1. The minimum atomic E-state index is 0. The molecule has 4 rings (SSSR count). The highest BCUT2D eigenvalue weighted by atomic mass is 35.5. The largest absolute Gasteiger partial charge is 0.385 e. The number of aromatic nitrogens is 3. The number of hydrogen-bond donors (Lipinski definition) is 1. The van der Waals surface area contributed by atoms with E-state index >= 15 is 0 Å². The minimum absolute atomic E-state index is 0. The Labute approximate surface area is 147 Å². The molecule has 1 fully saturated rings. The second-order valence-corrected chi connectivity index (χ2v) is 6.32. The lowest BCUT2D eigenvalue weighted by molar-refractivity contribution is 0.0726. The summed E-state index contributed by atoms with van der Waals surface area (Å²) in [6.07, 6.45) is 5.70. The van der Waals surface area contributed by atoms with Gasteiger partial charge in [0.25, 0.3) is 5.91 Å². The summed E-state index contributed by atoms with van der Waals surface area (Å²) in [4.78, 5) is 15.1. The van der Waals surface area contributed by atoms with Gasteiger partial charge in [0.15, 0.2) is 5.82 Å². The van der Waals surface area contributed by atoms with Crippen LogP contribution in [0.5, 0.6) is 0 Å². The normalized spacial score (nSPS) is 19.4. The Morgan fingerprint density at radius 1 is 1.33 bits per heavy atom. The molecule has 3 heterocycles. The summed E-state index contributed by atoms with van der Waals surface area (Å²) in [6.45, 7) is 1.77. The molecule has 0 bridgehead atoms. The van der Waals surface area contributed by atoms with Gasteiger partial charge in [-0.15, -0.1) is 22.6 Å². The van der Waals surface area contributed by atoms with Crippen molar-refractivity contribution in [3.63, 3.8) is 0 Å². The quantitative estimate of drug-likeness (QED) is 0.907. The van der Waals surface area contributed by atoms with E-state index in [1.165, 1.54) is 0 Å². The van der Waals surface area contributed by atoms with Gasteiger partial charge in [-0.05, 0) is 43.4 Å². The number of benzene rings is 1. The minimum Gasteiger partial charge on any atom is -0.385 e. The fraction of sp³-hybridized carbons (Fsp3) is 0.471. The Hall–Kier alpha value is -2.08. The Bertz CT molecular complexity index is 744. The zero-order chi connectivity index (χ0) is 15.8. The molecule has 2 aliphatic heterocycles. The van der Waals surface area contributed by atoms with Gasteiger partial charge < -0.3 is 14.8 Å². The molecule has 0 saturated carbocycles. The molecule has 2 aromatic rings. The number of nitrogens with zero attached hydrogens (tertiary/aromatic N) is 4. The van der Waals surface area contributed by atoms with E-state index in [1.54, 1.807) is 6.33 Å². The lowest BCUT2D eigenvalue weighted by Crippen LogP contribution is -2.33. The van der Waals surface area contributed by atoms with Gasteiger partial charge in [-0.2, -0.15) is 0 Å². The van der Waals surface area contributed by atoms with Crippen LogP contribution in [0, 0.1) is 0 Å². The van der Waals surface area contributed by atoms with Crippen LogP contribution in [-0.2, 0) is 13.5 Å².